The van der Waals surface area contributed by atoms with Gasteiger partial charge in [-0.25, -0.2) is 4.98 Å². The third kappa shape index (κ3) is 1.98. The number of nitrogens with zero attached hydrogens (tertiary/aromatic N) is 2. The Morgan fingerprint density at radius 2 is 2.29 bits per heavy atom. The minimum Gasteiger partial charge on any atom is -0.334 e. The van der Waals surface area contributed by atoms with Crippen molar-refractivity contribution < 1.29 is 0 Å². The van der Waals surface area contributed by atoms with Crippen LogP contribution in [0.5, 0.6) is 0 Å². The lowest BCUT2D eigenvalue weighted by atomic mass is 10.0. The lowest BCUT2D eigenvalue weighted by molar-refractivity contribution is 0.463. The van der Waals surface area contributed by atoms with Crippen LogP contribution in [0.15, 0.2) is 30.5 Å². The number of imidazole rings is 1. The van der Waals surface area contributed by atoms with Crippen molar-refractivity contribution in [2.45, 2.75) is 32.2 Å². The highest BCUT2D eigenvalue weighted by atomic mass is 35.5. The van der Waals surface area contributed by atoms with Crippen LogP contribution in [0.3, 0.4) is 0 Å². The van der Waals surface area contributed by atoms with Crippen LogP contribution in [0.4, 0.5) is 0 Å². The number of benzene rings is 1. The van der Waals surface area contributed by atoms with Gasteiger partial charge in [-0.3, -0.25) is 0 Å². The first-order valence-corrected chi connectivity index (χ1v) is 6.45. The second kappa shape index (κ2) is 4.19. The Morgan fingerprint density at radius 3 is 3.06 bits per heavy atom. The molecular weight excluding hydrogens is 232 g/mol. The van der Waals surface area contributed by atoms with E-state index < -0.39 is 0 Å². The summed E-state index contributed by atoms with van der Waals surface area (Å²) >= 11 is 6.02. The van der Waals surface area contributed by atoms with Gasteiger partial charge in [0.15, 0.2) is 0 Å². The van der Waals surface area contributed by atoms with E-state index in [-0.39, 0.29) is 0 Å². The van der Waals surface area contributed by atoms with Crippen molar-refractivity contribution in [3.05, 3.63) is 41.3 Å². The van der Waals surface area contributed by atoms with Gasteiger partial charge in [0.1, 0.15) is 5.82 Å². The minimum absolute atomic E-state index is 0.566. The first-order chi connectivity index (χ1) is 8.24. The lowest BCUT2D eigenvalue weighted by Gasteiger charge is -2.19. The zero-order valence-corrected chi connectivity index (χ0v) is 10.6. The van der Waals surface area contributed by atoms with Crippen molar-refractivity contribution in [1.29, 1.82) is 0 Å². The summed E-state index contributed by atoms with van der Waals surface area (Å²) in [5.41, 5.74) is 2.14. The first-order valence-electron chi connectivity index (χ1n) is 6.07. The molecule has 0 saturated carbocycles. The number of rotatable bonds is 1. The summed E-state index contributed by atoms with van der Waals surface area (Å²) in [6.45, 7) is 3.34. The number of aryl methyl sites for hydroxylation is 1. The summed E-state index contributed by atoms with van der Waals surface area (Å²) in [7, 11) is 0. The van der Waals surface area contributed by atoms with E-state index in [1.165, 1.54) is 18.7 Å². The second-order valence-electron chi connectivity index (χ2n) is 4.73. The van der Waals surface area contributed by atoms with Gasteiger partial charge in [0, 0.05) is 29.2 Å². The zero-order valence-electron chi connectivity index (χ0n) is 9.86. The molecule has 2 nitrogen and oxygen atoms in total. The molecule has 17 heavy (non-hydrogen) atoms. The average molecular weight is 247 g/mol. The van der Waals surface area contributed by atoms with Crippen LogP contribution >= 0.6 is 11.6 Å². The van der Waals surface area contributed by atoms with E-state index in [4.69, 9.17) is 16.6 Å². The molecule has 0 fully saturated rings. The van der Waals surface area contributed by atoms with E-state index in [1.54, 1.807) is 0 Å². The summed E-state index contributed by atoms with van der Waals surface area (Å²) in [6.07, 6.45) is 4.64. The number of aromatic nitrogens is 2. The Bertz CT molecular complexity index is 545. The molecule has 0 amide bonds. The molecule has 0 N–H and O–H groups in total. The SMILES string of the molecule is CC1CCCn2cc(-c3cccc(Cl)c3)nc21. The molecule has 3 heteroatoms. The number of hydrogen-bond donors (Lipinski definition) is 0. The van der Waals surface area contributed by atoms with Gasteiger partial charge in [0.05, 0.1) is 5.69 Å². The molecule has 88 valence electrons. The van der Waals surface area contributed by atoms with E-state index in [0.717, 1.165) is 22.8 Å². The third-order valence-electron chi connectivity index (χ3n) is 3.40. The minimum atomic E-state index is 0.566. The molecule has 2 aromatic rings. The van der Waals surface area contributed by atoms with Crippen molar-refractivity contribution in [2.75, 3.05) is 0 Å². The molecule has 1 aromatic carbocycles. The van der Waals surface area contributed by atoms with Gasteiger partial charge in [-0.2, -0.15) is 0 Å². The normalized spacial score (nSPS) is 19.1. The summed E-state index contributed by atoms with van der Waals surface area (Å²) in [6, 6.07) is 7.90. The molecule has 0 aliphatic carbocycles. The van der Waals surface area contributed by atoms with Gasteiger partial charge >= 0.3 is 0 Å². The second-order valence-corrected chi connectivity index (χ2v) is 5.17. The lowest BCUT2D eigenvalue weighted by Crippen LogP contribution is -2.12. The molecule has 0 spiro atoms. The fraction of sp³-hybridized carbons (Fsp3) is 0.357. The summed E-state index contributed by atoms with van der Waals surface area (Å²) in [5.74, 6) is 1.78. The van der Waals surface area contributed by atoms with E-state index in [2.05, 4.69) is 23.8 Å². The van der Waals surface area contributed by atoms with Crippen molar-refractivity contribution in [1.82, 2.24) is 9.55 Å². The Kier molecular flexibility index (Phi) is 2.67. The summed E-state index contributed by atoms with van der Waals surface area (Å²) in [5, 5.41) is 0.765. The average Bonchev–Trinajstić information content (AvgIpc) is 2.74. The topological polar surface area (TPSA) is 17.8 Å². The maximum atomic E-state index is 6.02. The maximum Gasteiger partial charge on any atom is 0.112 e. The van der Waals surface area contributed by atoms with Crippen LogP contribution in [-0.2, 0) is 6.54 Å². The molecule has 1 aliphatic rings. The fourth-order valence-electron chi connectivity index (χ4n) is 2.49. The van der Waals surface area contributed by atoms with E-state index >= 15 is 0 Å². The predicted molar refractivity (Wildman–Crippen MR) is 70.3 cm³/mol. The van der Waals surface area contributed by atoms with Gasteiger partial charge in [-0.05, 0) is 25.0 Å². The van der Waals surface area contributed by atoms with E-state index in [1.807, 2.05) is 18.2 Å². The van der Waals surface area contributed by atoms with Crippen molar-refractivity contribution in [3.63, 3.8) is 0 Å². The zero-order chi connectivity index (χ0) is 11.8. The highest BCUT2D eigenvalue weighted by Gasteiger charge is 2.19. The standard InChI is InChI=1S/C14H15ClN2/c1-10-4-3-7-17-9-13(16-14(10)17)11-5-2-6-12(15)8-11/h2,5-6,8-10H,3-4,7H2,1H3. The van der Waals surface area contributed by atoms with Gasteiger partial charge in [-0.1, -0.05) is 30.7 Å². The molecule has 0 bridgehead atoms. The largest absolute Gasteiger partial charge is 0.334 e. The number of hydrogen-bond acceptors (Lipinski definition) is 1. The van der Waals surface area contributed by atoms with Crippen molar-refractivity contribution >= 4 is 11.6 Å². The number of fused-ring (bicyclic) bond motifs is 1. The van der Waals surface area contributed by atoms with E-state index in [0.29, 0.717) is 5.92 Å². The van der Waals surface area contributed by atoms with E-state index in [9.17, 15) is 0 Å². The molecule has 1 aliphatic heterocycles. The van der Waals surface area contributed by atoms with Crippen LogP contribution in [0.1, 0.15) is 31.5 Å². The Balaban J connectivity index is 2.05. The van der Waals surface area contributed by atoms with Gasteiger partial charge in [-0.15, -0.1) is 0 Å². The highest BCUT2D eigenvalue weighted by molar-refractivity contribution is 6.30. The Hall–Kier alpha value is -1.28. The number of halogens is 1. The fourth-order valence-corrected chi connectivity index (χ4v) is 2.68. The molecule has 2 heterocycles. The molecular formula is C14H15ClN2. The Morgan fingerprint density at radius 1 is 1.41 bits per heavy atom. The van der Waals surface area contributed by atoms with Crippen molar-refractivity contribution in [2.24, 2.45) is 0 Å². The van der Waals surface area contributed by atoms with Gasteiger partial charge in [0.2, 0.25) is 0 Å². The third-order valence-corrected chi connectivity index (χ3v) is 3.64. The maximum absolute atomic E-state index is 6.02. The Labute approximate surface area is 106 Å². The summed E-state index contributed by atoms with van der Waals surface area (Å²) in [4.78, 5) is 4.75. The van der Waals surface area contributed by atoms with Crippen LogP contribution in [0.2, 0.25) is 5.02 Å². The molecule has 1 unspecified atom stereocenters. The van der Waals surface area contributed by atoms with Crippen LogP contribution in [0.25, 0.3) is 11.3 Å². The monoisotopic (exact) mass is 246 g/mol. The molecule has 1 atom stereocenters. The van der Waals surface area contributed by atoms with Crippen LogP contribution < -0.4 is 0 Å². The van der Waals surface area contributed by atoms with Gasteiger partial charge in [0.25, 0.3) is 0 Å². The van der Waals surface area contributed by atoms with Crippen molar-refractivity contribution in [3.8, 4) is 11.3 Å². The first kappa shape index (κ1) is 10.8. The molecule has 1 aromatic heterocycles. The highest BCUT2D eigenvalue weighted by Crippen LogP contribution is 2.29. The van der Waals surface area contributed by atoms with Crippen LogP contribution in [-0.4, -0.2) is 9.55 Å². The molecule has 0 saturated heterocycles. The molecule has 0 radical (unpaired) electrons. The quantitative estimate of drug-likeness (QED) is 0.741. The predicted octanol–water partition coefficient (Wildman–Crippen LogP) is 4.10. The van der Waals surface area contributed by atoms with Gasteiger partial charge < -0.3 is 4.57 Å². The van der Waals surface area contributed by atoms with Crippen LogP contribution in [0, 0.1) is 0 Å². The summed E-state index contributed by atoms with van der Waals surface area (Å²) < 4.78 is 2.28. The molecule has 3 rings (SSSR count). The smallest absolute Gasteiger partial charge is 0.112 e.